The minimum Gasteiger partial charge on any atom is -0.348 e. The number of amides is 1. The molecule has 1 aliphatic rings. The summed E-state index contributed by atoms with van der Waals surface area (Å²) in [5, 5.41) is 3.00. The topological polar surface area (TPSA) is 68.2 Å². The van der Waals surface area contributed by atoms with Gasteiger partial charge in [-0.05, 0) is 37.2 Å². The Bertz CT molecular complexity index is 629. The third-order valence-electron chi connectivity index (χ3n) is 4.01. The molecule has 1 aliphatic carbocycles. The summed E-state index contributed by atoms with van der Waals surface area (Å²) < 4.78 is 24.1. The van der Waals surface area contributed by atoms with Gasteiger partial charge in [0.1, 0.15) is 10.6 Å². The van der Waals surface area contributed by atoms with Crippen molar-refractivity contribution >= 4 is 25.6 Å². The number of nitrogens with zero attached hydrogens (tertiary/aromatic N) is 1. The van der Waals surface area contributed by atoms with E-state index < -0.39 is 9.05 Å². The number of carbonyl (C=O) groups excluding carboxylic acids is 1. The summed E-state index contributed by atoms with van der Waals surface area (Å²) in [5.41, 5.74) is 0.306. The molecule has 1 N–H and O–H groups in total. The number of hydrogen-bond donors (Lipinski definition) is 1. The highest BCUT2D eigenvalue weighted by atomic mass is 35.7. The van der Waals surface area contributed by atoms with E-state index in [-0.39, 0.29) is 16.8 Å². The van der Waals surface area contributed by atoms with Crippen LogP contribution >= 0.6 is 10.7 Å². The average Bonchev–Trinajstić information content (AvgIpc) is 2.69. The molecule has 0 radical (unpaired) electrons. The number of rotatable bonds is 3. The Morgan fingerprint density at radius 2 is 1.86 bits per heavy atom. The second-order valence-electron chi connectivity index (χ2n) is 6.20. The Kier molecular flexibility index (Phi) is 4.68. The molecule has 118 valence electrons. The van der Waals surface area contributed by atoms with Crippen LogP contribution < -0.4 is 5.32 Å². The van der Waals surface area contributed by atoms with Crippen molar-refractivity contribution in [2.75, 3.05) is 0 Å². The molecule has 1 fully saturated rings. The van der Waals surface area contributed by atoms with Crippen LogP contribution in [0.5, 0.6) is 0 Å². The van der Waals surface area contributed by atoms with Crippen LogP contribution in [0.1, 0.15) is 43.6 Å². The third-order valence-corrected chi connectivity index (χ3v) is 5.33. The number of aromatic nitrogens is 1. The number of nitrogens with one attached hydrogen (secondary N) is 1. The highest BCUT2D eigenvalue weighted by Crippen LogP contribution is 2.28. The first-order valence-corrected chi connectivity index (χ1v) is 9.39. The van der Waals surface area contributed by atoms with Gasteiger partial charge in [-0.1, -0.05) is 13.8 Å². The predicted molar refractivity (Wildman–Crippen MR) is 81.9 cm³/mol. The fourth-order valence-electron chi connectivity index (χ4n) is 3.22. The maximum atomic E-state index is 12.3. The van der Waals surface area contributed by atoms with E-state index in [0.717, 1.165) is 12.8 Å². The summed E-state index contributed by atoms with van der Waals surface area (Å²) in [7, 11) is 3.12. The molecule has 1 aromatic heterocycles. The molecule has 0 aliphatic heterocycles. The van der Waals surface area contributed by atoms with Crippen LogP contribution in [0.15, 0.2) is 17.2 Å². The van der Waals surface area contributed by atoms with E-state index in [1.165, 1.54) is 23.3 Å². The van der Waals surface area contributed by atoms with Gasteiger partial charge in [0, 0.05) is 30.0 Å². The van der Waals surface area contributed by atoms with Crippen molar-refractivity contribution in [2.45, 2.75) is 44.0 Å². The molecule has 2 atom stereocenters. The van der Waals surface area contributed by atoms with Crippen LogP contribution in [-0.2, 0) is 16.1 Å². The smallest absolute Gasteiger partial charge is 0.268 e. The monoisotopic (exact) mass is 332 g/mol. The van der Waals surface area contributed by atoms with E-state index in [2.05, 4.69) is 19.2 Å². The Morgan fingerprint density at radius 1 is 1.29 bits per heavy atom. The molecule has 7 heteroatoms. The van der Waals surface area contributed by atoms with Crippen molar-refractivity contribution in [2.24, 2.45) is 18.9 Å². The maximum Gasteiger partial charge on any atom is 0.268 e. The lowest BCUT2D eigenvalue weighted by atomic mass is 9.80. The van der Waals surface area contributed by atoms with Crippen molar-refractivity contribution in [3.8, 4) is 0 Å². The van der Waals surface area contributed by atoms with Gasteiger partial charge >= 0.3 is 0 Å². The Morgan fingerprint density at radius 3 is 2.33 bits per heavy atom. The van der Waals surface area contributed by atoms with E-state index in [1.807, 2.05) is 0 Å². The zero-order valence-electron chi connectivity index (χ0n) is 12.5. The van der Waals surface area contributed by atoms with Crippen LogP contribution in [0.2, 0.25) is 0 Å². The summed E-state index contributed by atoms with van der Waals surface area (Å²) >= 11 is 0. The zero-order chi connectivity index (χ0) is 15.8. The van der Waals surface area contributed by atoms with Crippen LogP contribution in [0.3, 0.4) is 0 Å². The lowest BCUT2D eigenvalue weighted by Crippen LogP contribution is -2.40. The lowest BCUT2D eigenvalue weighted by Gasteiger charge is -2.31. The van der Waals surface area contributed by atoms with Crippen LogP contribution in [0.4, 0.5) is 0 Å². The second kappa shape index (κ2) is 6.01. The molecule has 1 heterocycles. The quantitative estimate of drug-likeness (QED) is 0.865. The highest BCUT2D eigenvalue weighted by Gasteiger charge is 2.26. The molecular formula is C14H21ClN2O3S. The van der Waals surface area contributed by atoms with Gasteiger partial charge in [-0.25, -0.2) is 8.42 Å². The van der Waals surface area contributed by atoms with Gasteiger partial charge in [-0.3, -0.25) is 4.79 Å². The summed E-state index contributed by atoms with van der Waals surface area (Å²) in [4.78, 5) is 12.3. The van der Waals surface area contributed by atoms with E-state index >= 15 is 0 Å². The van der Waals surface area contributed by atoms with E-state index in [9.17, 15) is 13.2 Å². The zero-order valence-corrected chi connectivity index (χ0v) is 14.0. The molecule has 0 aromatic carbocycles. The van der Waals surface area contributed by atoms with Gasteiger partial charge in [-0.2, -0.15) is 0 Å². The van der Waals surface area contributed by atoms with Crippen molar-refractivity contribution < 1.29 is 13.2 Å². The molecule has 0 bridgehead atoms. The Hall–Kier alpha value is -1.01. The van der Waals surface area contributed by atoms with E-state index in [1.54, 1.807) is 7.05 Å². The van der Waals surface area contributed by atoms with Gasteiger partial charge in [0.2, 0.25) is 0 Å². The standard InChI is InChI=1S/C14H21ClN2O3S/c1-9-4-10(2)6-11(5-9)16-14(18)13-7-12(8-17(13)3)21(15,19)20/h7-11H,4-6H2,1-3H3,(H,16,18). The predicted octanol–water partition coefficient (Wildman–Crippen LogP) is 2.51. The largest absolute Gasteiger partial charge is 0.348 e. The van der Waals surface area contributed by atoms with Gasteiger partial charge in [0.05, 0.1) is 0 Å². The molecule has 0 saturated heterocycles. The second-order valence-corrected chi connectivity index (χ2v) is 8.76. The summed E-state index contributed by atoms with van der Waals surface area (Å²) in [6.07, 6.45) is 4.46. The van der Waals surface area contributed by atoms with Gasteiger partial charge in [0.15, 0.2) is 0 Å². The Labute approximate surface area is 130 Å². The molecule has 1 aromatic rings. The van der Waals surface area contributed by atoms with Crippen molar-refractivity contribution in [3.05, 3.63) is 18.0 Å². The summed E-state index contributed by atoms with van der Waals surface area (Å²) in [6, 6.07) is 1.45. The van der Waals surface area contributed by atoms with Crippen molar-refractivity contribution in [1.82, 2.24) is 9.88 Å². The number of carbonyl (C=O) groups is 1. The molecule has 2 unspecified atom stereocenters. The van der Waals surface area contributed by atoms with Crippen LogP contribution in [0, 0.1) is 11.8 Å². The van der Waals surface area contributed by atoms with Gasteiger partial charge in [0.25, 0.3) is 15.0 Å². The van der Waals surface area contributed by atoms with Crippen LogP contribution in [0.25, 0.3) is 0 Å². The normalized spacial score (nSPS) is 26.6. The number of halogens is 1. The van der Waals surface area contributed by atoms with Gasteiger partial charge < -0.3 is 9.88 Å². The molecule has 1 saturated carbocycles. The molecule has 2 rings (SSSR count). The maximum absolute atomic E-state index is 12.3. The molecule has 21 heavy (non-hydrogen) atoms. The molecule has 5 nitrogen and oxygen atoms in total. The SMILES string of the molecule is CC1CC(C)CC(NC(=O)c2cc(S(=O)(=O)Cl)cn2C)C1. The average molecular weight is 333 g/mol. The van der Waals surface area contributed by atoms with Gasteiger partial charge in [-0.15, -0.1) is 0 Å². The minimum atomic E-state index is -3.82. The minimum absolute atomic E-state index is 0.0535. The van der Waals surface area contributed by atoms with E-state index in [0.29, 0.717) is 17.5 Å². The summed E-state index contributed by atoms with van der Waals surface area (Å²) in [5.74, 6) is 0.924. The number of hydrogen-bond acceptors (Lipinski definition) is 3. The fourth-order valence-corrected chi connectivity index (χ4v) is 4.01. The Balaban J connectivity index is 2.12. The third kappa shape index (κ3) is 4.01. The highest BCUT2D eigenvalue weighted by molar-refractivity contribution is 8.13. The number of aryl methyl sites for hydroxylation is 1. The van der Waals surface area contributed by atoms with Crippen molar-refractivity contribution in [3.63, 3.8) is 0 Å². The molecule has 1 amide bonds. The van der Waals surface area contributed by atoms with E-state index in [4.69, 9.17) is 10.7 Å². The first-order valence-electron chi connectivity index (χ1n) is 7.08. The molecular weight excluding hydrogens is 312 g/mol. The molecule has 0 spiro atoms. The fraction of sp³-hybridized carbons (Fsp3) is 0.643. The first kappa shape index (κ1) is 16.4. The van der Waals surface area contributed by atoms with Crippen LogP contribution in [-0.4, -0.2) is 24.9 Å². The first-order chi connectivity index (χ1) is 9.66. The summed E-state index contributed by atoms with van der Waals surface area (Å²) in [6.45, 7) is 4.38. The van der Waals surface area contributed by atoms with Crippen molar-refractivity contribution in [1.29, 1.82) is 0 Å². The lowest BCUT2D eigenvalue weighted by molar-refractivity contribution is 0.0903.